The van der Waals surface area contributed by atoms with Gasteiger partial charge in [-0.25, -0.2) is 0 Å². The number of nitrogens with two attached hydrogens (primary N) is 1. The first-order valence-electron chi connectivity index (χ1n) is 6.98. The number of fused-ring (bicyclic) bond motifs is 1. The first-order valence-corrected chi connectivity index (χ1v) is 7.77. The molecule has 2 aliphatic rings. The lowest BCUT2D eigenvalue weighted by Gasteiger charge is -2.31. The van der Waals surface area contributed by atoms with Crippen LogP contribution in [-0.4, -0.2) is 43.7 Å². The molecule has 21 heavy (non-hydrogen) atoms. The summed E-state index contributed by atoms with van der Waals surface area (Å²) in [4.78, 5) is 5.03. The van der Waals surface area contributed by atoms with Crippen LogP contribution in [0.5, 0.6) is 0 Å². The third kappa shape index (κ3) is 2.62. The molecule has 1 aromatic carbocycles. The van der Waals surface area contributed by atoms with Crippen molar-refractivity contribution in [1.82, 2.24) is 0 Å². The number of hydrogen-bond donors (Lipinski definition) is 2. The molecule has 2 aliphatic heterocycles. The standard InChI is InChI=1S/C14H15BrF3N3/c15-11-3-1-10(2-4-11)12-9-13(14(16,17)18)20-6-8-21(13)7-5-19-12/h1-4,20H,5-9H2/p+2/t13-/m1/s1. The number of quaternary nitrogens is 2. The zero-order valence-electron chi connectivity index (χ0n) is 11.4. The number of aliphatic imine (C=N–C) groups is 1. The molecule has 1 fully saturated rings. The summed E-state index contributed by atoms with van der Waals surface area (Å²) >= 11 is 3.34. The van der Waals surface area contributed by atoms with Crippen LogP contribution in [0.3, 0.4) is 0 Å². The van der Waals surface area contributed by atoms with E-state index in [1.165, 1.54) is 5.32 Å². The van der Waals surface area contributed by atoms with Crippen molar-refractivity contribution < 1.29 is 23.4 Å². The van der Waals surface area contributed by atoms with Crippen LogP contribution in [0.2, 0.25) is 0 Å². The summed E-state index contributed by atoms with van der Waals surface area (Å²) in [5.74, 6) is 0. The van der Waals surface area contributed by atoms with Gasteiger partial charge >= 0.3 is 11.8 Å². The van der Waals surface area contributed by atoms with E-state index in [-0.39, 0.29) is 6.42 Å². The molecule has 2 atom stereocenters. The summed E-state index contributed by atoms with van der Waals surface area (Å²) in [7, 11) is 0. The lowest BCUT2D eigenvalue weighted by molar-refractivity contribution is -1.04. The third-order valence-electron chi connectivity index (χ3n) is 4.42. The Morgan fingerprint density at radius 3 is 2.57 bits per heavy atom. The van der Waals surface area contributed by atoms with E-state index >= 15 is 0 Å². The Kier molecular flexibility index (Phi) is 3.83. The Morgan fingerprint density at radius 1 is 1.19 bits per heavy atom. The molecule has 0 saturated carbocycles. The fourth-order valence-corrected chi connectivity index (χ4v) is 3.57. The molecule has 0 bridgehead atoms. The fraction of sp³-hybridized carbons (Fsp3) is 0.500. The van der Waals surface area contributed by atoms with E-state index in [4.69, 9.17) is 0 Å². The number of hydrogen-bond acceptors (Lipinski definition) is 1. The maximum atomic E-state index is 13.7. The second-order valence-electron chi connectivity index (χ2n) is 5.58. The molecule has 0 amide bonds. The first kappa shape index (κ1) is 15.0. The van der Waals surface area contributed by atoms with Crippen LogP contribution in [-0.2, 0) is 0 Å². The van der Waals surface area contributed by atoms with E-state index in [9.17, 15) is 13.2 Å². The summed E-state index contributed by atoms with van der Waals surface area (Å²) in [5, 5.41) is 1.46. The minimum absolute atomic E-state index is 0.0620. The van der Waals surface area contributed by atoms with Crippen LogP contribution in [0.1, 0.15) is 12.0 Å². The fourth-order valence-electron chi connectivity index (χ4n) is 3.30. The van der Waals surface area contributed by atoms with E-state index in [0.717, 1.165) is 10.0 Å². The average molecular weight is 364 g/mol. The van der Waals surface area contributed by atoms with Crippen LogP contribution in [0.25, 0.3) is 0 Å². The Hall–Kier alpha value is -0.920. The van der Waals surface area contributed by atoms with Crippen molar-refractivity contribution in [3.63, 3.8) is 0 Å². The Bertz CT molecular complexity index is 556. The zero-order valence-corrected chi connectivity index (χ0v) is 13.0. The Morgan fingerprint density at radius 2 is 1.90 bits per heavy atom. The van der Waals surface area contributed by atoms with Gasteiger partial charge in [-0.05, 0) is 17.7 Å². The summed E-state index contributed by atoms with van der Waals surface area (Å²) in [6.45, 7) is 1.95. The molecule has 2 heterocycles. The highest BCUT2D eigenvalue weighted by Crippen LogP contribution is 2.29. The molecule has 3 rings (SSSR count). The Balaban J connectivity index is 1.97. The van der Waals surface area contributed by atoms with Crippen LogP contribution < -0.4 is 10.2 Å². The second-order valence-corrected chi connectivity index (χ2v) is 6.49. The molecule has 1 saturated heterocycles. The smallest absolute Gasteiger partial charge is 0.283 e. The molecular weight excluding hydrogens is 347 g/mol. The van der Waals surface area contributed by atoms with Gasteiger partial charge in [0.1, 0.15) is 26.1 Å². The molecule has 114 valence electrons. The zero-order chi connectivity index (χ0) is 15.1. The van der Waals surface area contributed by atoms with Crippen LogP contribution >= 0.6 is 15.9 Å². The highest BCUT2D eigenvalue weighted by molar-refractivity contribution is 9.10. The van der Waals surface area contributed by atoms with Crippen molar-refractivity contribution in [3.05, 3.63) is 34.3 Å². The highest BCUT2D eigenvalue weighted by atomic mass is 79.9. The largest absolute Gasteiger partial charge is 0.503 e. The molecule has 3 N–H and O–H groups in total. The van der Waals surface area contributed by atoms with Gasteiger partial charge in [0.25, 0.3) is 0 Å². The van der Waals surface area contributed by atoms with E-state index in [1.54, 1.807) is 0 Å². The monoisotopic (exact) mass is 363 g/mol. The summed E-state index contributed by atoms with van der Waals surface area (Å²) in [6, 6.07) is 7.33. The van der Waals surface area contributed by atoms with Crippen molar-refractivity contribution in [2.24, 2.45) is 4.99 Å². The van der Waals surface area contributed by atoms with Gasteiger partial charge in [-0.3, -0.25) is 15.2 Å². The van der Waals surface area contributed by atoms with Gasteiger partial charge < -0.3 is 0 Å². The van der Waals surface area contributed by atoms with Crippen LogP contribution in [0.15, 0.2) is 33.7 Å². The quantitative estimate of drug-likeness (QED) is 0.722. The van der Waals surface area contributed by atoms with E-state index in [1.807, 2.05) is 24.3 Å². The first-order chi connectivity index (χ1) is 9.92. The molecule has 1 aromatic rings. The number of nitrogens with one attached hydrogen (secondary N) is 1. The van der Waals surface area contributed by atoms with Crippen molar-refractivity contribution in [2.45, 2.75) is 18.3 Å². The molecule has 1 unspecified atom stereocenters. The van der Waals surface area contributed by atoms with Gasteiger partial charge in [-0.1, -0.05) is 28.1 Å². The second kappa shape index (κ2) is 5.37. The molecule has 7 heteroatoms. The molecule has 0 aliphatic carbocycles. The van der Waals surface area contributed by atoms with Gasteiger partial charge in [-0.15, -0.1) is 0 Å². The summed E-state index contributed by atoms with van der Waals surface area (Å²) in [5.41, 5.74) is -0.425. The van der Waals surface area contributed by atoms with Crippen molar-refractivity contribution in [3.8, 4) is 0 Å². The molecule has 3 nitrogen and oxygen atoms in total. The molecule has 0 aromatic heterocycles. The van der Waals surface area contributed by atoms with Crippen molar-refractivity contribution in [2.75, 3.05) is 26.2 Å². The van der Waals surface area contributed by atoms with Gasteiger partial charge in [0, 0.05) is 4.47 Å². The predicted octanol–water partition coefficient (Wildman–Crippen LogP) is 0.362. The maximum absolute atomic E-state index is 13.7. The molecule has 0 spiro atoms. The van der Waals surface area contributed by atoms with Crippen LogP contribution in [0, 0.1) is 0 Å². The maximum Gasteiger partial charge on any atom is 0.503 e. The summed E-state index contributed by atoms with van der Waals surface area (Å²) < 4.78 is 42.0. The molecule has 0 radical (unpaired) electrons. The van der Waals surface area contributed by atoms with E-state index in [0.29, 0.717) is 36.8 Å². The normalized spacial score (nSPS) is 29.7. The van der Waals surface area contributed by atoms with Gasteiger partial charge in [0.2, 0.25) is 0 Å². The lowest BCUT2D eigenvalue weighted by atomic mass is 9.96. The molecular formula is C14H17BrF3N3+2. The van der Waals surface area contributed by atoms with Gasteiger partial charge in [0.05, 0.1) is 12.3 Å². The van der Waals surface area contributed by atoms with E-state index < -0.39 is 11.8 Å². The predicted molar refractivity (Wildman–Crippen MR) is 76.4 cm³/mol. The minimum Gasteiger partial charge on any atom is -0.283 e. The third-order valence-corrected chi connectivity index (χ3v) is 4.94. The Labute approximate surface area is 129 Å². The van der Waals surface area contributed by atoms with Crippen molar-refractivity contribution >= 4 is 21.6 Å². The minimum atomic E-state index is -4.24. The topological polar surface area (TPSA) is 33.4 Å². The van der Waals surface area contributed by atoms with E-state index in [2.05, 4.69) is 20.9 Å². The highest BCUT2D eigenvalue weighted by Gasteiger charge is 2.69. The van der Waals surface area contributed by atoms with Gasteiger partial charge in [-0.2, -0.15) is 13.2 Å². The number of halogens is 4. The number of alkyl halides is 3. The number of rotatable bonds is 1. The summed E-state index contributed by atoms with van der Waals surface area (Å²) in [6.07, 6.45) is -4.30. The van der Waals surface area contributed by atoms with Gasteiger partial charge in [0.15, 0.2) is 0 Å². The van der Waals surface area contributed by atoms with Crippen LogP contribution in [0.4, 0.5) is 13.2 Å². The lowest BCUT2D eigenvalue weighted by Crippen LogP contribution is -3.29. The number of nitrogens with zero attached hydrogens (tertiary/aromatic N) is 1. The average Bonchev–Trinajstić information content (AvgIpc) is 2.74. The number of benzene rings is 1. The van der Waals surface area contributed by atoms with Crippen molar-refractivity contribution in [1.29, 1.82) is 0 Å². The SMILES string of the molecule is FC(F)(F)[C@@]12CC(c3ccc(Br)cc3)=NCC[NH+]1CC[NH2+]2.